The van der Waals surface area contributed by atoms with Crippen molar-refractivity contribution in [1.82, 2.24) is 19.3 Å². The molecule has 2 aromatic heterocycles. The molecule has 38 heavy (non-hydrogen) atoms. The minimum absolute atomic E-state index is 0.0387. The van der Waals surface area contributed by atoms with Gasteiger partial charge < -0.3 is 10.5 Å². The van der Waals surface area contributed by atoms with E-state index in [2.05, 4.69) is 14.7 Å². The highest BCUT2D eigenvalue weighted by Crippen LogP contribution is 2.30. The Morgan fingerprint density at radius 1 is 0.947 bits per heavy atom. The standard InChI is InChI=1S/C28H25N5O4S/c1-18(19-9-5-3-6-10-19)32-38(35,36)25-16-21(17-30-26(25)37-2)20-13-14-24-23(15-20)27(34)33(28(29)31-24)22-11-7-4-8-12-22/h3-18,32H,1-2H3,(H2,29,31). The minimum Gasteiger partial charge on any atom is -0.480 e. The highest BCUT2D eigenvalue weighted by Gasteiger charge is 2.24. The number of pyridine rings is 1. The van der Waals surface area contributed by atoms with Gasteiger partial charge in [0.25, 0.3) is 5.56 Å². The van der Waals surface area contributed by atoms with Crippen molar-refractivity contribution in [3.05, 3.63) is 107 Å². The summed E-state index contributed by atoms with van der Waals surface area (Å²) in [6, 6.07) is 24.3. The molecule has 3 aromatic carbocycles. The van der Waals surface area contributed by atoms with Gasteiger partial charge in [-0.05, 0) is 48.4 Å². The normalized spacial score (nSPS) is 12.4. The molecule has 0 aliphatic heterocycles. The molecule has 2 heterocycles. The van der Waals surface area contributed by atoms with E-state index in [1.54, 1.807) is 49.4 Å². The molecule has 0 spiro atoms. The summed E-state index contributed by atoms with van der Waals surface area (Å²) < 4.78 is 36.0. The molecule has 0 aliphatic rings. The number of sulfonamides is 1. The van der Waals surface area contributed by atoms with Gasteiger partial charge in [-0.15, -0.1) is 0 Å². The fraction of sp³-hybridized carbons (Fsp3) is 0.107. The average Bonchev–Trinajstić information content (AvgIpc) is 2.93. The summed E-state index contributed by atoms with van der Waals surface area (Å²) in [7, 11) is -2.65. The molecule has 10 heteroatoms. The minimum atomic E-state index is -4.01. The average molecular weight is 528 g/mol. The Labute approximate surface area is 219 Å². The van der Waals surface area contributed by atoms with Gasteiger partial charge in [-0.25, -0.2) is 27.7 Å². The first-order chi connectivity index (χ1) is 18.3. The number of aromatic nitrogens is 3. The Balaban J connectivity index is 1.58. The van der Waals surface area contributed by atoms with Gasteiger partial charge in [0.1, 0.15) is 4.90 Å². The van der Waals surface area contributed by atoms with E-state index in [0.29, 0.717) is 27.7 Å². The fourth-order valence-corrected chi connectivity index (χ4v) is 5.63. The maximum absolute atomic E-state index is 13.4. The molecule has 9 nitrogen and oxygen atoms in total. The van der Waals surface area contributed by atoms with Gasteiger partial charge in [0.2, 0.25) is 21.9 Å². The van der Waals surface area contributed by atoms with Crippen molar-refractivity contribution in [2.24, 2.45) is 0 Å². The third-order valence-electron chi connectivity index (χ3n) is 6.17. The summed E-state index contributed by atoms with van der Waals surface area (Å²) in [5.74, 6) is 0.0303. The zero-order valence-electron chi connectivity index (χ0n) is 20.7. The molecule has 5 aromatic rings. The van der Waals surface area contributed by atoms with Crippen LogP contribution in [0.1, 0.15) is 18.5 Å². The number of para-hydroxylation sites is 1. The number of methoxy groups -OCH3 is 1. The van der Waals surface area contributed by atoms with Crippen molar-refractivity contribution in [2.45, 2.75) is 17.9 Å². The number of nitrogen functional groups attached to an aromatic ring is 1. The molecule has 0 radical (unpaired) electrons. The van der Waals surface area contributed by atoms with Crippen molar-refractivity contribution >= 4 is 26.9 Å². The van der Waals surface area contributed by atoms with Crippen molar-refractivity contribution in [3.63, 3.8) is 0 Å². The van der Waals surface area contributed by atoms with E-state index in [1.165, 1.54) is 23.9 Å². The van der Waals surface area contributed by atoms with E-state index in [9.17, 15) is 13.2 Å². The zero-order chi connectivity index (χ0) is 26.9. The predicted molar refractivity (Wildman–Crippen MR) is 147 cm³/mol. The lowest BCUT2D eigenvalue weighted by atomic mass is 10.1. The van der Waals surface area contributed by atoms with Gasteiger partial charge >= 0.3 is 0 Å². The number of hydrogen-bond acceptors (Lipinski definition) is 7. The van der Waals surface area contributed by atoms with Crippen LogP contribution in [0.25, 0.3) is 27.7 Å². The van der Waals surface area contributed by atoms with Crippen molar-refractivity contribution in [1.29, 1.82) is 0 Å². The highest BCUT2D eigenvalue weighted by molar-refractivity contribution is 7.89. The van der Waals surface area contributed by atoms with Crippen LogP contribution in [0.15, 0.2) is 101 Å². The Hall–Kier alpha value is -4.54. The zero-order valence-corrected chi connectivity index (χ0v) is 21.5. The first-order valence-corrected chi connectivity index (χ1v) is 13.3. The predicted octanol–water partition coefficient (Wildman–Crippen LogP) is 4.08. The van der Waals surface area contributed by atoms with Crippen LogP contribution in [0, 0.1) is 0 Å². The maximum Gasteiger partial charge on any atom is 0.267 e. The molecule has 5 rings (SSSR count). The van der Waals surface area contributed by atoms with Gasteiger partial charge in [0.05, 0.1) is 23.7 Å². The monoisotopic (exact) mass is 527 g/mol. The van der Waals surface area contributed by atoms with Crippen LogP contribution in [0.3, 0.4) is 0 Å². The first kappa shape index (κ1) is 25.1. The summed E-state index contributed by atoms with van der Waals surface area (Å²) in [6.07, 6.45) is 1.50. The molecule has 0 amide bonds. The smallest absolute Gasteiger partial charge is 0.267 e. The van der Waals surface area contributed by atoms with Crippen LogP contribution >= 0.6 is 0 Å². The maximum atomic E-state index is 13.4. The lowest BCUT2D eigenvalue weighted by molar-refractivity contribution is 0.384. The molecular formula is C28H25N5O4S. The molecule has 0 fully saturated rings. The van der Waals surface area contributed by atoms with Crippen LogP contribution in [-0.4, -0.2) is 30.1 Å². The van der Waals surface area contributed by atoms with Crippen molar-refractivity contribution in [3.8, 4) is 22.7 Å². The van der Waals surface area contributed by atoms with Crippen LogP contribution < -0.4 is 20.8 Å². The molecule has 1 atom stereocenters. The highest BCUT2D eigenvalue weighted by atomic mass is 32.2. The van der Waals surface area contributed by atoms with E-state index in [-0.39, 0.29) is 22.3 Å². The van der Waals surface area contributed by atoms with Gasteiger partial charge in [-0.1, -0.05) is 54.6 Å². The Kier molecular flexibility index (Phi) is 6.66. The molecule has 0 aliphatic carbocycles. The summed E-state index contributed by atoms with van der Waals surface area (Å²) in [4.78, 5) is 21.9. The number of nitrogens with one attached hydrogen (secondary N) is 1. The summed E-state index contributed by atoms with van der Waals surface area (Å²) in [5.41, 5.74) is 8.67. The second-order valence-corrected chi connectivity index (χ2v) is 10.3. The summed E-state index contributed by atoms with van der Waals surface area (Å²) in [5, 5.41) is 0.330. The number of ether oxygens (including phenoxy) is 1. The Morgan fingerprint density at radius 3 is 2.32 bits per heavy atom. The van der Waals surface area contributed by atoms with E-state index in [0.717, 1.165) is 5.56 Å². The fourth-order valence-electron chi connectivity index (χ4n) is 4.25. The van der Waals surface area contributed by atoms with E-state index < -0.39 is 16.1 Å². The second kappa shape index (κ2) is 10.1. The van der Waals surface area contributed by atoms with Gasteiger partial charge in [-0.3, -0.25) is 4.79 Å². The first-order valence-electron chi connectivity index (χ1n) is 11.8. The van der Waals surface area contributed by atoms with Crippen molar-refractivity contribution < 1.29 is 13.2 Å². The van der Waals surface area contributed by atoms with Crippen LogP contribution in [0.5, 0.6) is 5.88 Å². The number of fused-ring (bicyclic) bond motifs is 1. The third-order valence-corrected chi connectivity index (χ3v) is 7.71. The molecule has 0 saturated carbocycles. The molecule has 192 valence electrons. The molecule has 3 N–H and O–H groups in total. The number of nitrogens with zero attached hydrogens (tertiary/aromatic N) is 3. The van der Waals surface area contributed by atoms with E-state index in [1.807, 2.05) is 36.4 Å². The third kappa shape index (κ3) is 4.74. The summed E-state index contributed by atoms with van der Waals surface area (Å²) >= 11 is 0. The number of hydrogen-bond donors (Lipinski definition) is 2. The largest absolute Gasteiger partial charge is 0.480 e. The molecular weight excluding hydrogens is 502 g/mol. The number of rotatable bonds is 7. The Bertz CT molecular complexity index is 1790. The number of benzene rings is 3. The lowest BCUT2D eigenvalue weighted by Crippen LogP contribution is -2.27. The molecule has 1 unspecified atom stereocenters. The lowest BCUT2D eigenvalue weighted by Gasteiger charge is -2.16. The van der Waals surface area contributed by atoms with Crippen LogP contribution in [0.2, 0.25) is 0 Å². The SMILES string of the molecule is COc1ncc(-c2ccc3nc(N)n(-c4ccccc4)c(=O)c3c2)cc1S(=O)(=O)NC(C)c1ccccc1. The van der Waals surface area contributed by atoms with Gasteiger partial charge in [-0.2, -0.15) is 0 Å². The second-order valence-electron chi connectivity index (χ2n) is 8.66. The van der Waals surface area contributed by atoms with Gasteiger partial charge in [0, 0.05) is 17.8 Å². The number of nitrogens with two attached hydrogens (primary N) is 1. The molecule has 0 bridgehead atoms. The van der Waals surface area contributed by atoms with Gasteiger partial charge in [0.15, 0.2) is 0 Å². The topological polar surface area (TPSA) is 129 Å². The van der Waals surface area contributed by atoms with E-state index >= 15 is 0 Å². The molecule has 0 saturated heterocycles. The van der Waals surface area contributed by atoms with Crippen LogP contribution in [0.4, 0.5) is 5.95 Å². The Morgan fingerprint density at radius 2 is 1.63 bits per heavy atom. The van der Waals surface area contributed by atoms with Crippen LogP contribution in [-0.2, 0) is 10.0 Å². The van der Waals surface area contributed by atoms with E-state index in [4.69, 9.17) is 10.5 Å². The quantitative estimate of drug-likeness (QED) is 0.326. The number of anilines is 1. The summed E-state index contributed by atoms with van der Waals surface area (Å²) in [6.45, 7) is 1.76. The van der Waals surface area contributed by atoms with Crippen molar-refractivity contribution in [2.75, 3.05) is 12.8 Å².